The number of nitrogens with one attached hydrogen (secondary N) is 1. The molecular formula is C13H14ClNO4. The Morgan fingerprint density at radius 3 is 2.63 bits per heavy atom. The molecule has 0 unspecified atom stereocenters. The maximum atomic E-state index is 11.5. The van der Waals surface area contributed by atoms with E-state index in [2.05, 4.69) is 5.32 Å². The Morgan fingerprint density at radius 1 is 1.37 bits per heavy atom. The van der Waals surface area contributed by atoms with Gasteiger partial charge in [-0.1, -0.05) is 29.8 Å². The minimum Gasteiger partial charge on any atom is -0.480 e. The topological polar surface area (TPSA) is 86.6 Å². The van der Waals surface area contributed by atoms with E-state index in [-0.39, 0.29) is 13.0 Å². The van der Waals surface area contributed by atoms with Crippen molar-refractivity contribution in [2.24, 2.45) is 0 Å². The van der Waals surface area contributed by atoms with Crippen molar-refractivity contribution >= 4 is 29.6 Å². The zero-order valence-electron chi connectivity index (χ0n) is 10.0. The predicted molar refractivity (Wildman–Crippen MR) is 71.8 cm³/mol. The monoisotopic (exact) mass is 283 g/mol. The highest BCUT2D eigenvalue weighted by molar-refractivity contribution is 6.32. The number of carbonyl (C=O) groups is 2. The third-order valence-electron chi connectivity index (χ3n) is 2.35. The van der Waals surface area contributed by atoms with Gasteiger partial charge in [-0.15, -0.1) is 0 Å². The summed E-state index contributed by atoms with van der Waals surface area (Å²) in [5.74, 6) is -1.74. The van der Waals surface area contributed by atoms with E-state index in [1.165, 1.54) is 12.2 Å². The normalized spacial score (nSPS) is 12.3. The molecule has 0 saturated carbocycles. The highest BCUT2D eigenvalue weighted by atomic mass is 35.5. The van der Waals surface area contributed by atoms with Gasteiger partial charge in [-0.25, -0.2) is 4.79 Å². The molecule has 0 saturated heterocycles. The van der Waals surface area contributed by atoms with Crippen LogP contribution in [0.1, 0.15) is 12.0 Å². The number of aliphatic hydroxyl groups excluding tert-OH is 1. The van der Waals surface area contributed by atoms with Crippen LogP contribution in [0.3, 0.4) is 0 Å². The van der Waals surface area contributed by atoms with Gasteiger partial charge in [0.1, 0.15) is 6.04 Å². The number of carboxylic acid groups (broad SMARTS) is 1. The Kier molecular flexibility index (Phi) is 6.05. The summed E-state index contributed by atoms with van der Waals surface area (Å²) in [6.45, 7) is -0.314. The molecule has 0 aliphatic rings. The molecular weight excluding hydrogens is 270 g/mol. The molecule has 0 radical (unpaired) electrons. The van der Waals surface area contributed by atoms with Gasteiger partial charge in [0.15, 0.2) is 0 Å². The van der Waals surface area contributed by atoms with E-state index in [0.717, 1.165) is 0 Å². The van der Waals surface area contributed by atoms with Crippen LogP contribution in [0.4, 0.5) is 0 Å². The number of carbonyl (C=O) groups excluding carboxylic acids is 1. The number of halogens is 1. The van der Waals surface area contributed by atoms with Gasteiger partial charge in [-0.05, 0) is 17.7 Å². The molecule has 0 spiro atoms. The fraction of sp³-hybridized carbons (Fsp3) is 0.231. The van der Waals surface area contributed by atoms with Crippen molar-refractivity contribution in [3.63, 3.8) is 0 Å². The molecule has 3 N–H and O–H groups in total. The number of aliphatic carboxylic acids is 1. The standard InChI is InChI=1S/C13H14ClNO4/c14-10-4-2-1-3-9(10)5-6-12(17)15-11(7-8-16)13(18)19/h1-6,11,16H,7-8H2,(H,15,17)(H,18,19)/b6-5+/t11-/m0/s1. The maximum absolute atomic E-state index is 11.5. The average Bonchev–Trinajstić information content (AvgIpc) is 2.37. The van der Waals surface area contributed by atoms with Gasteiger partial charge in [0.25, 0.3) is 0 Å². The van der Waals surface area contributed by atoms with Gasteiger partial charge in [0.2, 0.25) is 5.91 Å². The van der Waals surface area contributed by atoms with Crippen LogP contribution in [0.15, 0.2) is 30.3 Å². The van der Waals surface area contributed by atoms with Gasteiger partial charge in [-0.3, -0.25) is 4.79 Å². The van der Waals surface area contributed by atoms with Crippen LogP contribution >= 0.6 is 11.6 Å². The summed E-state index contributed by atoms with van der Waals surface area (Å²) >= 11 is 5.90. The molecule has 1 amide bonds. The van der Waals surface area contributed by atoms with Gasteiger partial charge in [0, 0.05) is 24.1 Å². The van der Waals surface area contributed by atoms with Crippen LogP contribution in [-0.2, 0) is 9.59 Å². The lowest BCUT2D eigenvalue weighted by molar-refractivity contribution is -0.141. The lowest BCUT2D eigenvalue weighted by Crippen LogP contribution is -2.40. The van der Waals surface area contributed by atoms with E-state index in [1.807, 2.05) is 0 Å². The molecule has 6 heteroatoms. The van der Waals surface area contributed by atoms with Crippen molar-refractivity contribution in [2.75, 3.05) is 6.61 Å². The van der Waals surface area contributed by atoms with Crippen molar-refractivity contribution in [1.29, 1.82) is 0 Å². The highest BCUT2D eigenvalue weighted by Crippen LogP contribution is 2.15. The van der Waals surface area contributed by atoms with Gasteiger partial charge in [0.05, 0.1) is 0 Å². The van der Waals surface area contributed by atoms with Crippen molar-refractivity contribution < 1.29 is 19.8 Å². The Balaban J connectivity index is 2.64. The van der Waals surface area contributed by atoms with E-state index in [9.17, 15) is 9.59 Å². The fourth-order valence-corrected chi connectivity index (χ4v) is 1.58. The summed E-state index contributed by atoms with van der Waals surface area (Å²) in [5, 5.41) is 20.3. The number of aliphatic hydroxyl groups is 1. The van der Waals surface area contributed by atoms with Crippen LogP contribution in [0.2, 0.25) is 5.02 Å². The molecule has 0 aliphatic carbocycles. The minimum atomic E-state index is -1.19. The fourth-order valence-electron chi connectivity index (χ4n) is 1.38. The Morgan fingerprint density at radius 2 is 2.05 bits per heavy atom. The average molecular weight is 284 g/mol. The molecule has 102 valence electrons. The molecule has 0 aromatic heterocycles. The first-order valence-electron chi connectivity index (χ1n) is 5.61. The quantitative estimate of drug-likeness (QED) is 0.687. The molecule has 1 aromatic rings. The molecule has 5 nitrogen and oxygen atoms in total. The Bertz CT molecular complexity index is 487. The molecule has 1 aromatic carbocycles. The number of rotatable bonds is 6. The second-order valence-corrected chi connectivity index (χ2v) is 4.17. The number of hydrogen-bond donors (Lipinski definition) is 3. The molecule has 1 atom stereocenters. The Hall–Kier alpha value is -1.85. The van der Waals surface area contributed by atoms with Crippen molar-refractivity contribution in [3.8, 4) is 0 Å². The second kappa shape index (κ2) is 7.56. The Labute approximate surface area is 115 Å². The summed E-state index contributed by atoms with van der Waals surface area (Å²) in [7, 11) is 0. The van der Waals surface area contributed by atoms with Gasteiger partial charge >= 0.3 is 5.97 Å². The summed E-state index contributed by atoms with van der Waals surface area (Å²) < 4.78 is 0. The lowest BCUT2D eigenvalue weighted by Gasteiger charge is -2.11. The van der Waals surface area contributed by atoms with E-state index in [0.29, 0.717) is 10.6 Å². The molecule has 0 fully saturated rings. The van der Waals surface area contributed by atoms with Crippen molar-refractivity contribution in [3.05, 3.63) is 40.9 Å². The van der Waals surface area contributed by atoms with E-state index >= 15 is 0 Å². The molecule has 1 rings (SSSR count). The first kappa shape index (κ1) is 15.2. The number of hydrogen-bond acceptors (Lipinski definition) is 3. The van der Waals surface area contributed by atoms with Crippen LogP contribution in [0.25, 0.3) is 6.08 Å². The lowest BCUT2D eigenvalue weighted by atomic mass is 10.2. The van der Waals surface area contributed by atoms with Gasteiger partial charge < -0.3 is 15.5 Å². The first-order valence-corrected chi connectivity index (χ1v) is 5.99. The number of benzene rings is 1. The van der Waals surface area contributed by atoms with Crippen molar-refractivity contribution in [1.82, 2.24) is 5.32 Å². The molecule has 19 heavy (non-hydrogen) atoms. The number of amides is 1. The summed E-state index contributed by atoms with van der Waals surface area (Å²) in [5.41, 5.74) is 0.661. The largest absolute Gasteiger partial charge is 0.480 e. The summed E-state index contributed by atoms with van der Waals surface area (Å²) in [4.78, 5) is 22.3. The second-order valence-electron chi connectivity index (χ2n) is 3.77. The van der Waals surface area contributed by atoms with Gasteiger partial charge in [-0.2, -0.15) is 0 Å². The van der Waals surface area contributed by atoms with Crippen LogP contribution in [0.5, 0.6) is 0 Å². The molecule has 0 aliphatic heterocycles. The molecule has 0 bridgehead atoms. The zero-order valence-corrected chi connectivity index (χ0v) is 10.8. The zero-order chi connectivity index (χ0) is 14.3. The van der Waals surface area contributed by atoms with Crippen LogP contribution in [-0.4, -0.2) is 34.7 Å². The van der Waals surface area contributed by atoms with Crippen LogP contribution < -0.4 is 5.32 Å². The highest BCUT2D eigenvalue weighted by Gasteiger charge is 2.17. The van der Waals surface area contributed by atoms with Crippen molar-refractivity contribution in [2.45, 2.75) is 12.5 Å². The summed E-state index contributed by atoms with van der Waals surface area (Å²) in [6.07, 6.45) is 2.66. The van der Waals surface area contributed by atoms with E-state index < -0.39 is 17.9 Å². The molecule has 0 heterocycles. The van der Waals surface area contributed by atoms with E-state index in [4.69, 9.17) is 21.8 Å². The SMILES string of the molecule is O=C(/C=C/c1ccccc1Cl)N[C@@H](CCO)C(=O)O. The predicted octanol–water partition coefficient (Wildman–Crippen LogP) is 1.30. The third-order valence-corrected chi connectivity index (χ3v) is 2.70. The van der Waals surface area contributed by atoms with Crippen LogP contribution in [0, 0.1) is 0 Å². The minimum absolute atomic E-state index is 0.0407. The maximum Gasteiger partial charge on any atom is 0.326 e. The summed E-state index contributed by atoms with van der Waals surface area (Å²) in [6, 6.07) is 5.85. The first-order chi connectivity index (χ1) is 9.04. The third kappa shape index (κ3) is 5.11. The smallest absolute Gasteiger partial charge is 0.326 e. The number of carboxylic acids is 1. The van der Waals surface area contributed by atoms with E-state index in [1.54, 1.807) is 24.3 Å².